The normalized spacial score (nSPS) is 10.9. The highest BCUT2D eigenvalue weighted by Crippen LogP contribution is 2.33. The van der Waals surface area contributed by atoms with Gasteiger partial charge in [0.2, 0.25) is 0 Å². The Morgan fingerprint density at radius 3 is 2.89 bits per heavy atom. The summed E-state index contributed by atoms with van der Waals surface area (Å²) < 4.78 is 6.27. The smallest absolute Gasteiger partial charge is 0.338 e. The lowest BCUT2D eigenvalue weighted by Gasteiger charge is -2.06. The Morgan fingerprint density at radius 2 is 2.06 bits per heavy atom. The van der Waals surface area contributed by atoms with Crippen molar-refractivity contribution in [1.29, 1.82) is 0 Å². The van der Waals surface area contributed by atoms with Crippen LogP contribution in [0.25, 0.3) is 20.9 Å². The number of fused-ring (bicyclic) bond motifs is 3. The summed E-state index contributed by atoms with van der Waals surface area (Å²) in [6, 6.07) is 12.0. The zero-order valence-corrected chi connectivity index (χ0v) is 10.8. The Hall–Kier alpha value is -1.87. The molecule has 0 radical (unpaired) electrons. The number of benzene rings is 2. The number of hydrogen-bond acceptors (Lipinski definition) is 3. The molecule has 0 amide bonds. The summed E-state index contributed by atoms with van der Waals surface area (Å²) >= 11 is 1.66. The van der Waals surface area contributed by atoms with E-state index < -0.39 is 0 Å². The van der Waals surface area contributed by atoms with Gasteiger partial charge in [-0.25, -0.2) is 4.79 Å². The number of carbonyl (C=O) groups excluding carboxylic acids is 1. The molecule has 2 nitrogen and oxygen atoms in total. The fraction of sp³-hybridized carbons (Fsp3) is 0.133. The van der Waals surface area contributed by atoms with Gasteiger partial charge in [0.05, 0.1) is 12.2 Å². The molecule has 0 N–H and O–H groups in total. The van der Waals surface area contributed by atoms with E-state index in [1.54, 1.807) is 11.3 Å². The van der Waals surface area contributed by atoms with Crippen LogP contribution >= 0.6 is 11.3 Å². The number of ether oxygens (including phenoxy) is 1. The maximum atomic E-state index is 12.0. The van der Waals surface area contributed by atoms with Crippen molar-refractivity contribution >= 4 is 38.2 Å². The van der Waals surface area contributed by atoms with E-state index in [4.69, 9.17) is 4.74 Å². The Balaban J connectivity index is 2.35. The first-order chi connectivity index (χ1) is 8.81. The van der Waals surface area contributed by atoms with Crippen molar-refractivity contribution in [3.63, 3.8) is 0 Å². The van der Waals surface area contributed by atoms with Gasteiger partial charge in [-0.3, -0.25) is 0 Å². The van der Waals surface area contributed by atoms with Gasteiger partial charge in [-0.1, -0.05) is 24.3 Å². The van der Waals surface area contributed by atoms with E-state index in [2.05, 4.69) is 6.07 Å². The van der Waals surface area contributed by atoms with E-state index in [1.165, 1.54) is 5.39 Å². The van der Waals surface area contributed by atoms with Gasteiger partial charge in [-0.15, -0.1) is 11.3 Å². The fourth-order valence-electron chi connectivity index (χ4n) is 2.17. The monoisotopic (exact) mass is 256 g/mol. The Bertz CT molecular complexity index is 728. The summed E-state index contributed by atoms with van der Waals surface area (Å²) in [5.41, 5.74) is 0.659. The predicted molar refractivity (Wildman–Crippen MR) is 75.3 cm³/mol. The lowest BCUT2D eigenvalue weighted by Crippen LogP contribution is -2.04. The van der Waals surface area contributed by atoms with E-state index in [0.717, 1.165) is 15.5 Å². The van der Waals surface area contributed by atoms with Gasteiger partial charge in [-0.2, -0.15) is 0 Å². The molecular formula is C15H12O2S. The Labute approximate surface area is 109 Å². The van der Waals surface area contributed by atoms with Crippen molar-refractivity contribution in [2.45, 2.75) is 6.92 Å². The molecule has 3 heteroatoms. The largest absolute Gasteiger partial charge is 0.462 e. The zero-order valence-electron chi connectivity index (χ0n) is 9.97. The van der Waals surface area contributed by atoms with Crippen molar-refractivity contribution in [1.82, 2.24) is 0 Å². The summed E-state index contributed by atoms with van der Waals surface area (Å²) in [7, 11) is 0. The number of carbonyl (C=O) groups is 1. The van der Waals surface area contributed by atoms with Crippen molar-refractivity contribution < 1.29 is 9.53 Å². The molecule has 0 fully saturated rings. The van der Waals surface area contributed by atoms with E-state index in [9.17, 15) is 4.79 Å². The van der Waals surface area contributed by atoms with Crippen LogP contribution in [0.3, 0.4) is 0 Å². The molecule has 0 aliphatic heterocycles. The lowest BCUT2D eigenvalue weighted by atomic mass is 10.0. The molecule has 0 unspecified atom stereocenters. The molecule has 1 heterocycles. The highest BCUT2D eigenvalue weighted by atomic mass is 32.1. The maximum Gasteiger partial charge on any atom is 0.338 e. The molecule has 90 valence electrons. The van der Waals surface area contributed by atoms with Crippen LogP contribution in [-0.4, -0.2) is 12.6 Å². The van der Waals surface area contributed by atoms with Crippen molar-refractivity contribution in [3.8, 4) is 0 Å². The SMILES string of the molecule is CCOC(=O)c1cc2ccccc2c2sccc12. The lowest BCUT2D eigenvalue weighted by molar-refractivity contribution is 0.0529. The van der Waals surface area contributed by atoms with Crippen LogP contribution in [0.5, 0.6) is 0 Å². The quantitative estimate of drug-likeness (QED) is 0.641. The summed E-state index contributed by atoms with van der Waals surface area (Å²) in [6.07, 6.45) is 0. The third-order valence-corrected chi connectivity index (χ3v) is 3.90. The highest BCUT2D eigenvalue weighted by molar-refractivity contribution is 7.18. The van der Waals surface area contributed by atoms with Gasteiger partial charge >= 0.3 is 5.97 Å². The average Bonchev–Trinajstić information content (AvgIpc) is 2.87. The molecule has 0 aliphatic carbocycles. The van der Waals surface area contributed by atoms with Gasteiger partial charge < -0.3 is 4.74 Å². The highest BCUT2D eigenvalue weighted by Gasteiger charge is 2.14. The average molecular weight is 256 g/mol. The van der Waals surface area contributed by atoms with Gasteiger partial charge in [0, 0.05) is 10.1 Å². The van der Waals surface area contributed by atoms with Gasteiger partial charge in [0.1, 0.15) is 0 Å². The van der Waals surface area contributed by atoms with E-state index >= 15 is 0 Å². The third kappa shape index (κ3) is 1.68. The van der Waals surface area contributed by atoms with E-state index in [1.807, 2.05) is 42.6 Å². The van der Waals surface area contributed by atoms with Crippen molar-refractivity contribution in [3.05, 3.63) is 47.3 Å². The maximum absolute atomic E-state index is 12.0. The molecular weight excluding hydrogens is 244 g/mol. The second-order valence-corrected chi connectivity index (χ2v) is 4.95. The summed E-state index contributed by atoms with van der Waals surface area (Å²) in [6.45, 7) is 2.22. The molecule has 3 rings (SSSR count). The molecule has 0 aliphatic rings. The zero-order chi connectivity index (χ0) is 12.5. The Kier molecular flexibility index (Phi) is 2.76. The van der Waals surface area contributed by atoms with Crippen LogP contribution in [0.1, 0.15) is 17.3 Å². The van der Waals surface area contributed by atoms with E-state index in [-0.39, 0.29) is 5.97 Å². The Morgan fingerprint density at radius 1 is 1.22 bits per heavy atom. The van der Waals surface area contributed by atoms with E-state index in [0.29, 0.717) is 12.2 Å². The second-order valence-electron chi connectivity index (χ2n) is 4.03. The molecule has 2 aromatic carbocycles. The molecule has 0 saturated carbocycles. The van der Waals surface area contributed by atoms with Gasteiger partial charge in [0.15, 0.2) is 0 Å². The number of rotatable bonds is 2. The molecule has 1 aromatic heterocycles. The first-order valence-corrected chi connectivity index (χ1v) is 6.75. The van der Waals surface area contributed by atoms with Crippen LogP contribution in [-0.2, 0) is 4.74 Å². The minimum atomic E-state index is -0.244. The van der Waals surface area contributed by atoms with Crippen molar-refractivity contribution in [2.24, 2.45) is 0 Å². The predicted octanol–water partition coefficient (Wildman–Crippen LogP) is 4.23. The van der Waals surface area contributed by atoms with Crippen LogP contribution in [0.15, 0.2) is 41.8 Å². The fourth-order valence-corrected chi connectivity index (χ4v) is 3.13. The second kappa shape index (κ2) is 4.42. The molecule has 0 saturated heterocycles. The minimum absolute atomic E-state index is 0.244. The number of thiophene rings is 1. The van der Waals surface area contributed by atoms with Gasteiger partial charge in [0.25, 0.3) is 0 Å². The number of hydrogen-bond donors (Lipinski definition) is 0. The molecule has 0 bridgehead atoms. The molecule has 3 aromatic rings. The van der Waals surface area contributed by atoms with Gasteiger partial charge in [-0.05, 0) is 35.2 Å². The van der Waals surface area contributed by atoms with Crippen LogP contribution in [0, 0.1) is 0 Å². The van der Waals surface area contributed by atoms with Crippen molar-refractivity contribution in [2.75, 3.05) is 6.61 Å². The first-order valence-electron chi connectivity index (χ1n) is 5.87. The standard InChI is InChI=1S/C15H12O2S/c1-2-17-15(16)13-9-10-5-3-4-6-11(10)14-12(13)7-8-18-14/h3-9H,2H2,1H3. The van der Waals surface area contributed by atoms with Crippen LogP contribution < -0.4 is 0 Å². The molecule has 0 atom stereocenters. The van der Waals surface area contributed by atoms with Crippen LogP contribution in [0.4, 0.5) is 0 Å². The van der Waals surface area contributed by atoms with Crippen LogP contribution in [0.2, 0.25) is 0 Å². The number of esters is 1. The molecule has 0 spiro atoms. The third-order valence-electron chi connectivity index (χ3n) is 2.96. The topological polar surface area (TPSA) is 26.3 Å². The summed E-state index contributed by atoms with van der Waals surface area (Å²) in [5.74, 6) is -0.244. The minimum Gasteiger partial charge on any atom is -0.462 e. The first kappa shape index (κ1) is 11.2. The molecule has 18 heavy (non-hydrogen) atoms. The summed E-state index contributed by atoms with van der Waals surface area (Å²) in [5, 5.41) is 5.27. The summed E-state index contributed by atoms with van der Waals surface area (Å²) in [4.78, 5) is 12.0.